The Balaban J connectivity index is 2.53. The highest BCUT2D eigenvalue weighted by Gasteiger charge is 2.16. The molecule has 1 heterocycles. The van der Waals surface area contributed by atoms with Crippen LogP contribution in [-0.2, 0) is 9.53 Å². The zero-order valence-corrected chi connectivity index (χ0v) is 10.6. The van der Waals surface area contributed by atoms with E-state index in [0.29, 0.717) is 10.2 Å². The van der Waals surface area contributed by atoms with E-state index in [1.807, 2.05) is 0 Å². The van der Waals surface area contributed by atoms with Crippen LogP contribution in [0, 0.1) is 0 Å². The third kappa shape index (κ3) is 4.12. The Morgan fingerprint density at radius 2 is 2.35 bits per heavy atom. The number of carbonyl (C=O) groups is 2. The lowest BCUT2D eigenvalue weighted by molar-refractivity contribution is -0.149. The van der Waals surface area contributed by atoms with Crippen LogP contribution in [0.4, 0.5) is 0 Å². The first kappa shape index (κ1) is 13.6. The summed E-state index contributed by atoms with van der Waals surface area (Å²) >= 11 is 3.13. The number of halogens is 1. The maximum Gasteiger partial charge on any atom is 0.336 e. The van der Waals surface area contributed by atoms with Gasteiger partial charge in [0.05, 0.1) is 13.7 Å². The largest absolute Gasteiger partial charge is 0.467 e. The molecule has 1 aromatic heterocycles. The number of carbonyl (C=O) groups excluding carboxylic acids is 2. The number of nitrogens with zero attached hydrogens (tertiary/aromatic N) is 1. The molecule has 0 bridgehead atoms. The molecule has 0 saturated carbocycles. The molecule has 0 radical (unpaired) electrons. The quantitative estimate of drug-likeness (QED) is 0.609. The van der Waals surface area contributed by atoms with Crippen LogP contribution in [0.1, 0.15) is 10.4 Å². The maximum absolute atomic E-state index is 11.6. The molecule has 0 aromatic carbocycles. The van der Waals surface area contributed by atoms with E-state index in [0.717, 1.165) is 7.11 Å². The van der Waals surface area contributed by atoms with Crippen molar-refractivity contribution in [2.75, 3.05) is 13.7 Å². The second-order valence-corrected chi connectivity index (χ2v) is 3.93. The van der Waals surface area contributed by atoms with Gasteiger partial charge in [0.2, 0.25) is 0 Å². The zero-order chi connectivity index (χ0) is 12.8. The van der Waals surface area contributed by atoms with Crippen molar-refractivity contribution in [3.05, 3.63) is 28.5 Å². The van der Waals surface area contributed by atoms with Crippen molar-refractivity contribution in [3.8, 4) is 0 Å². The summed E-state index contributed by atoms with van der Waals surface area (Å²) < 4.78 is 4.84. The van der Waals surface area contributed by atoms with Crippen molar-refractivity contribution in [3.63, 3.8) is 0 Å². The van der Waals surface area contributed by atoms with Crippen LogP contribution < -0.4 is 5.32 Å². The third-order valence-electron chi connectivity index (χ3n) is 1.92. The Bertz CT molecular complexity index is 425. The number of pyridine rings is 1. The molecule has 1 rings (SSSR count). The van der Waals surface area contributed by atoms with Gasteiger partial charge < -0.3 is 15.2 Å². The van der Waals surface area contributed by atoms with E-state index in [1.54, 1.807) is 0 Å². The fourth-order valence-corrected chi connectivity index (χ4v) is 1.42. The molecule has 0 aliphatic heterocycles. The van der Waals surface area contributed by atoms with Crippen molar-refractivity contribution in [2.24, 2.45) is 0 Å². The number of nitrogens with one attached hydrogen (secondary N) is 1. The smallest absolute Gasteiger partial charge is 0.336 e. The topological polar surface area (TPSA) is 88.5 Å². The van der Waals surface area contributed by atoms with E-state index < -0.39 is 18.0 Å². The number of hydrogen-bond donors (Lipinski definition) is 2. The van der Waals surface area contributed by atoms with Crippen LogP contribution >= 0.6 is 15.9 Å². The Morgan fingerprint density at radius 3 is 2.94 bits per heavy atom. The molecule has 17 heavy (non-hydrogen) atoms. The molecule has 6 nitrogen and oxygen atoms in total. The molecule has 0 aliphatic carbocycles. The molecule has 1 unspecified atom stereocenters. The van der Waals surface area contributed by atoms with Crippen LogP contribution in [0.5, 0.6) is 0 Å². The number of esters is 1. The summed E-state index contributed by atoms with van der Waals surface area (Å²) in [5.41, 5.74) is 0.379. The summed E-state index contributed by atoms with van der Waals surface area (Å²) in [6, 6.07) is 3.05. The van der Waals surface area contributed by atoms with Crippen molar-refractivity contribution >= 4 is 27.8 Å². The average molecular weight is 303 g/mol. The zero-order valence-electron chi connectivity index (χ0n) is 9.01. The molecule has 92 valence electrons. The molecule has 0 aliphatic rings. The molecule has 0 saturated heterocycles. The Hall–Kier alpha value is -1.47. The lowest BCUT2D eigenvalue weighted by atomic mass is 10.2. The van der Waals surface area contributed by atoms with E-state index in [9.17, 15) is 14.7 Å². The van der Waals surface area contributed by atoms with Gasteiger partial charge in [0.25, 0.3) is 5.91 Å². The number of hydrogen-bond acceptors (Lipinski definition) is 5. The predicted octanol–water partition coefficient (Wildman–Crippen LogP) is 0.108. The number of rotatable bonds is 4. The molecule has 1 amide bonds. The second-order valence-electron chi connectivity index (χ2n) is 3.12. The van der Waals surface area contributed by atoms with Gasteiger partial charge in [-0.05, 0) is 28.1 Å². The van der Waals surface area contributed by atoms with Gasteiger partial charge in [-0.1, -0.05) is 0 Å². The first-order valence-corrected chi connectivity index (χ1v) is 5.49. The standard InChI is InChI=1S/C10H11BrN2O4/c1-17-10(16)7(14)5-13-9(15)6-2-3-12-8(11)4-6/h2-4,7,14H,5H2,1H3,(H,13,15). The molecular weight excluding hydrogens is 292 g/mol. The fourth-order valence-electron chi connectivity index (χ4n) is 1.05. The summed E-state index contributed by atoms with van der Waals surface area (Å²) in [4.78, 5) is 26.3. The highest BCUT2D eigenvalue weighted by molar-refractivity contribution is 9.10. The first-order chi connectivity index (χ1) is 8.04. The SMILES string of the molecule is COC(=O)C(O)CNC(=O)c1ccnc(Br)c1. The van der Waals surface area contributed by atoms with E-state index in [4.69, 9.17) is 0 Å². The predicted molar refractivity (Wildman–Crippen MR) is 62.3 cm³/mol. The lowest BCUT2D eigenvalue weighted by Crippen LogP contribution is -2.37. The fraction of sp³-hybridized carbons (Fsp3) is 0.300. The van der Waals surface area contributed by atoms with Gasteiger partial charge in [0, 0.05) is 11.8 Å². The molecule has 2 N–H and O–H groups in total. The summed E-state index contributed by atoms with van der Waals surface area (Å²) in [5, 5.41) is 11.7. The summed E-state index contributed by atoms with van der Waals surface area (Å²) in [7, 11) is 1.16. The van der Waals surface area contributed by atoms with Crippen molar-refractivity contribution in [2.45, 2.75) is 6.10 Å². The van der Waals surface area contributed by atoms with Gasteiger partial charge in [0.15, 0.2) is 6.10 Å². The van der Waals surface area contributed by atoms with Crippen LogP contribution in [0.25, 0.3) is 0 Å². The highest BCUT2D eigenvalue weighted by Crippen LogP contribution is 2.07. The van der Waals surface area contributed by atoms with Crippen LogP contribution in [0.15, 0.2) is 22.9 Å². The van der Waals surface area contributed by atoms with E-state index in [2.05, 4.69) is 31.0 Å². The van der Waals surface area contributed by atoms with Crippen molar-refractivity contribution in [1.29, 1.82) is 0 Å². The lowest BCUT2D eigenvalue weighted by Gasteiger charge is -2.09. The minimum absolute atomic E-state index is 0.203. The molecule has 1 aromatic rings. The number of aliphatic hydroxyl groups excluding tert-OH is 1. The van der Waals surface area contributed by atoms with Gasteiger partial charge in [-0.3, -0.25) is 4.79 Å². The monoisotopic (exact) mass is 302 g/mol. The number of methoxy groups -OCH3 is 1. The highest BCUT2D eigenvalue weighted by atomic mass is 79.9. The van der Waals surface area contributed by atoms with Crippen LogP contribution in [-0.4, -0.2) is 41.7 Å². The molecule has 1 atom stereocenters. The second kappa shape index (κ2) is 6.31. The summed E-state index contributed by atoms with van der Waals surface area (Å²) in [6.07, 6.45) is 0.102. The summed E-state index contributed by atoms with van der Waals surface area (Å²) in [5.74, 6) is -1.20. The molecule has 0 fully saturated rings. The van der Waals surface area contributed by atoms with Crippen LogP contribution in [0.2, 0.25) is 0 Å². The molecular formula is C10H11BrN2O4. The minimum atomic E-state index is -1.37. The number of amides is 1. The Morgan fingerprint density at radius 1 is 1.65 bits per heavy atom. The van der Waals surface area contributed by atoms with E-state index >= 15 is 0 Å². The van der Waals surface area contributed by atoms with Gasteiger partial charge in [-0.25, -0.2) is 9.78 Å². The summed E-state index contributed by atoms with van der Waals surface area (Å²) in [6.45, 7) is -0.203. The number of ether oxygens (including phenoxy) is 1. The third-order valence-corrected chi connectivity index (χ3v) is 2.35. The van der Waals surface area contributed by atoms with E-state index in [-0.39, 0.29) is 6.54 Å². The average Bonchev–Trinajstić information content (AvgIpc) is 2.34. The number of aromatic nitrogens is 1. The molecule has 7 heteroatoms. The van der Waals surface area contributed by atoms with E-state index in [1.165, 1.54) is 18.3 Å². The Kier molecular flexibility index (Phi) is 5.05. The van der Waals surface area contributed by atoms with Crippen molar-refractivity contribution in [1.82, 2.24) is 10.3 Å². The van der Waals surface area contributed by atoms with Gasteiger partial charge in [0.1, 0.15) is 4.60 Å². The first-order valence-electron chi connectivity index (χ1n) is 4.70. The van der Waals surface area contributed by atoms with Gasteiger partial charge in [-0.15, -0.1) is 0 Å². The molecule has 0 spiro atoms. The van der Waals surface area contributed by atoms with Gasteiger partial charge >= 0.3 is 5.97 Å². The normalized spacial score (nSPS) is 11.7. The van der Waals surface area contributed by atoms with Crippen LogP contribution in [0.3, 0.4) is 0 Å². The van der Waals surface area contributed by atoms with Crippen molar-refractivity contribution < 1.29 is 19.4 Å². The number of aliphatic hydroxyl groups is 1. The Labute approximate surface area is 106 Å². The minimum Gasteiger partial charge on any atom is -0.467 e. The maximum atomic E-state index is 11.6. The van der Waals surface area contributed by atoms with Gasteiger partial charge in [-0.2, -0.15) is 0 Å².